The number of carbonyl (C=O) groups excluding carboxylic acids is 1. The van der Waals surface area contributed by atoms with Gasteiger partial charge in [-0.25, -0.2) is 0 Å². The molecule has 0 aromatic heterocycles. The third kappa shape index (κ3) is 3.47. The number of hydrogen-bond acceptors (Lipinski definition) is 4. The summed E-state index contributed by atoms with van der Waals surface area (Å²) in [6.07, 6.45) is -0.198. The van der Waals surface area contributed by atoms with Gasteiger partial charge in [0.05, 0.1) is 23.5 Å². The van der Waals surface area contributed by atoms with E-state index < -0.39 is 4.92 Å². The van der Waals surface area contributed by atoms with Gasteiger partial charge < -0.3 is 9.64 Å². The van der Waals surface area contributed by atoms with Crippen molar-refractivity contribution < 1.29 is 14.5 Å². The molecule has 0 radical (unpaired) electrons. The summed E-state index contributed by atoms with van der Waals surface area (Å²) in [7, 11) is 0. The van der Waals surface area contributed by atoms with Crippen molar-refractivity contribution in [2.45, 2.75) is 6.10 Å². The summed E-state index contributed by atoms with van der Waals surface area (Å²) < 4.78 is 5.88. The van der Waals surface area contributed by atoms with Crippen molar-refractivity contribution in [1.29, 1.82) is 0 Å². The highest BCUT2D eigenvalue weighted by molar-refractivity contribution is 9.10. The van der Waals surface area contributed by atoms with Gasteiger partial charge in [-0.05, 0) is 6.07 Å². The number of halogens is 2. The summed E-state index contributed by atoms with van der Waals surface area (Å²) in [4.78, 5) is 24.3. The first-order valence-electron chi connectivity index (χ1n) is 5.93. The molecule has 1 fully saturated rings. The van der Waals surface area contributed by atoms with Crippen molar-refractivity contribution in [3.8, 4) is 0 Å². The number of rotatable bonds is 3. The molecule has 1 amide bonds. The lowest BCUT2D eigenvalue weighted by Gasteiger charge is -2.32. The topological polar surface area (TPSA) is 72.7 Å². The van der Waals surface area contributed by atoms with Crippen LogP contribution in [0.4, 0.5) is 5.69 Å². The minimum atomic E-state index is -0.525. The fourth-order valence-electron chi connectivity index (χ4n) is 1.98. The van der Waals surface area contributed by atoms with E-state index in [2.05, 4.69) is 15.9 Å². The molecule has 0 N–H and O–H groups in total. The van der Waals surface area contributed by atoms with Crippen molar-refractivity contribution in [1.82, 2.24) is 4.90 Å². The van der Waals surface area contributed by atoms with Crippen LogP contribution in [0.3, 0.4) is 0 Å². The average molecular weight is 364 g/mol. The number of nitro groups is 1. The smallest absolute Gasteiger partial charge is 0.271 e. The highest BCUT2D eigenvalue weighted by Crippen LogP contribution is 2.23. The number of benzene rings is 1. The molecule has 20 heavy (non-hydrogen) atoms. The van der Waals surface area contributed by atoms with Crippen LogP contribution >= 0.6 is 27.5 Å². The van der Waals surface area contributed by atoms with Crippen LogP contribution < -0.4 is 0 Å². The van der Waals surface area contributed by atoms with Gasteiger partial charge in [-0.2, -0.15) is 0 Å². The number of hydrogen-bond donors (Lipinski definition) is 0. The highest BCUT2D eigenvalue weighted by Gasteiger charge is 2.25. The predicted molar refractivity (Wildman–Crippen MR) is 77.2 cm³/mol. The Hall–Kier alpha value is -1.18. The molecule has 1 heterocycles. The largest absolute Gasteiger partial charge is 0.373 e. The molecule has 1 aromatic carbocycles. The maximum atomic E-state index is 12.4. The third-order valence-corrected chi connectivity index (χ3v) is 3.74. The van der Waals surface area contributed by atoms with E-state index in [0.29, 0.717) is 30.0 Å². The van der Waals surface area contributed by atoms with Crippen molar-refractivity contribution in [2.75, 3.05) is 25.6 Å². The quantitative estimate of drug-likeness (QED) is 0.470. The Bertz CT molecular complexity index is 540. The molecule has 0 saturated carbocycles. The van der Waals surface area contributed by atoms with Gasteiger partial charge >= 0.3 is 0 Å². The van der Waals surface area contributed by atoms with Crippen molar-refractivity contribution in [3.63, 3.8) is 0 Å². The zero-order chi connectivity index (χ0) is 14.7. The summed E-state index contributed by atoms with van der Waals surface area (Å²) >= 11 is 8.91. The number of alkyl halides is 1. The number of morpholine rings is 1. The Morgan fingerprint density at radius 2 is 2.30 bits per heavy atom. The van der Waals surface area contributed by atoms with E-state index in [0.717, 1.165) is 0 Å². The molecular weight excluding hydrogens is 351 g/mol. The van der Waals surface area contributed by atoms with Crippen molar-refractivity contribution >= 4 is 39.1 Å². The lowest BCUT2D eigenvalue weighted by atomic mass is 10.1. The van der Waals surface area contributed by atoms with Crippen LogP contribution in [0.15, 0.2) is 22.7 Å². The molecule has 1 aliphatic rings. The zero-order valence-electron chi connectivity index (χ0n) is 10.4. The highest BCUT2D eigenvalue weighted by atomic mass is 79.9. The van der Waals surface area contributed by atoms with Gasteiger partial charge in [0.1, 0.15) is 0 Å². The first-order chi connectivity index (χ1) is 9.51. The third-order valence-electron chi connectivity index (χ3n) is 2.94. The van der Waals surface area contributed by atoms with E-state index in [4.69, 9.17) is 16.3 Å². The Balaban J connectivity index is 2.22. The first kappa shape index (κ1) is 15.2. The van der Waals surface area contributed by atoms with Crippen LogP contribution in [0.5, 0.6) is 0 Å². The molecule has 8 heteroatoms. The second-order valence-corrected chi connectivity index (χ2v) is 5.58. The number of nitro benzene ring substituents is 1. The van der Waals surface area contributed by atoms with E-state index in [1.165, 1.54) is 12.1 Å². The van der Waals surface area contributed by atoms with Gasteiger partial charge in [-0.15, -0.1) is 11.6 Å². The van der Waals surface area contributed by atoms with E-state index >= 15 is 0 Å². The van der Waals surface area contributed by atoms with Gasteiger partial charge in [0.25, 0.3) is 11.6 Å². The normalized spacial score (nSPS) is 18.9. The maximum Gasteiger partial charge on any atom is 0.271 e. The fraction of sp³-hybridized carbons (Fsp3) is 0.417. The maximum absolute atomic E-state index is 12.4. The van der Waals surface area contributed by atoms with Crippen LogP contribution in [-0.2, 0) is 4.74 Å². The van der Waals surface area contributed by atoms with Crippen LogP contribution in [-0.4, -0.2) is 47.4 Å². The molecule has 108 valence electrons. The van der Waals surface area contributed by atoms with Gasteiger partial charge in [0.15, 0.2) is 0 Å². The lowest BCUT2D eigenvalue weighted by Crippen LogP contribution is -2.46. The number of nitrogens with zero attached hydrogens (tertiary/aromatic N) is 2. The molecule has 0 aliphatic carbocycles. The molecule has 1 unspecified atom stereocenters. The van der Waals surface area contributed by atoms with E-state index in [1.54, 1.807) is 11.0 Å². The Labute approximate surface area is 128 Å². The Kier molecular flexibility index (Phi) is 4.95. The van der Waals surface area contributed by atoms with Crippen LogP contribution in [0, 0.1) is 10.1 Å². The molecule has 0 bridgehead atoms. The summed E-state index contributed by atoms with van der Waals surface area (Å²) in [5.41, 5.74) is 0.158. The second-order valence-electron chi connectivity index (χ2n) is 4.35. The predicted octanol–water partition coefficient (Wildman–Crippen LogP) is 2.44. The van der Waals surface area contributed by atoms with Crippen molar-refractivity contribution in [2.24, 2.45) is 0 Å². The molecule has 0 spiro atoms. The molecular formula is C12H12BrClN2O4. The number of ether oxygens (including phenoxy) is 1. The number of non-ortho nitro benzene ring substituents is 1. The zero-order valence-corrected chi connectivity index (χ0v) is 12.8. The minimum absolute atomic E-state index is 0.120. The van der Waals surface area contributed by atoms with E-state index in [9.17, 15) is 14.9 Å². The summed E-state index contributed by atoms with van der Waals surface area (Å²) in [6, 6.07) is 4.20. The molecule has 1 saturated heterocycles. The fourth-order valence-corrected chi connectivity index (χ4v) is 2.65. The lowest BCUT2D eigenvalue weighted by molar-refractivity contribution is -0.385. The van der Waals surface area contributed by atoms with Crippen LogP contribution in [0.2, 0.25) is 0 Å². The molecule has 1 aromatic rings. The molecule has 1 atom stereocenters. The van der Waals surface area contributed by atoms with Gasteiger partial charge in [-0.1, -0.05) is 15.9 Å². The van der Waals surface area contributed by atoms with Crippen LogP contribution in [0.1, 0.15) is 10.4 Å². The van der Waals surface area contributed by atoms with Gasteiger partial charge in [-0.3, -0.25) is 14.9 Å². The first-order valence-corrected chi connectivity index (χ1v) is 7.26. The molecule has 1 aliphatic heterocycles. The molecule has 2 rings (SSSR count). The monoisotopic (exact) mass is 362 g/mol. The minimum Gasteiger partial charge on any atom is -0.373 e. The van der Waals surface area contributed by atoms with Gasteiger partial charge in [0, 0.05) is 35.3 Å². The van der Waals surface area contributed by atoms with Crippen LogP contribution in [0.25, 0.3) is 0 Å². The van der Waals surface area contributed by atoms with Gasteiger partial charge in [0.2, 0.25) is 0 Å². The van der Waals surface area contributed by atoms with E-state index in [-0.39, 0.29) is 23.3 Å². The summed E-state index contributed by atoms with van der Waals surface area (Å²) in [5.74, 6) is 0.0513. The standard InChI is InChI=1S/C12H12BrClN2O4/c13-9-3-8(4-10(5-9)16(18)19)12(17)15-1-2-20-11(6-14)7-15/h3-5,11H,1-2,6-7H2. The SMILES string of the molecule is O=C(c1cc(Br)cc([N+](=O)[O-])c1)N1CCOC(CCl)C1. The average Bonchev–Trinajstić information content (AvgIpc) is 2.45. The number of amides is 1. The Morgan fingerprint density at radius 3 is 2.95 bits per heavy atom. The molecule has 6 nitrogen and oxygen atoms in total. The number of carbonyl (C=O) groups is 1. The Morgan fingerprint density at radius 1 is 1.55 bits per heavy atom. The van der Waals surface area contributed by atoms with E-state index in [1.807, 2.05) is 0 Å². The van der Waals surface area contributed by atoms with Crippen molar-refractivity contribution in [3.05, 3.63) is 38.3 Å². The second kappa shape index (κ2) is 6.51. The summed E-state index contributed by atoms with van der Waals surface area (Å²) in [5, 5.41) is 10.8. The summed E-state index contributed by atoms with van der Waals surface area (Å²) in [6.45, 7) is 1.26.